The molecule has 0 saturated heterocycles. The molecule has 0 fully saturated rings. The maximum atomic E-state index is 12.2. The Labute approximate surface area is 134 Å². The first-order valence-electron chi connectivity index (χ1n) is 6.05. The van der Waals surface area contributed by atoms with Crippen LogP contribution < -0.4 is 5.32 Å². The number of carbonyl (C=O) groups excluding carboxylic acids is 1. The number of fused-ring (bicyclic) bond motifs is 1. The number of aryl methyl sites for hydroxylation is 2. The highest BCUT2D eigenvalue weighted by Gasteiger charge is 2.13. The van der Waals surface area contributed by atoms with E-state index in [0.717, 1.165) is 19.8 Å². The molecule has 1 aromatic carbocycles. The summed E-state index contributed by atoms with van der Waals surface area (Å²) in [4.78, 5) is 18.6. The van der Waals surface area contributed by atoms with E-state index in [0.29, 0.717) is 5.69 Å². The quantitative estimate of drug-likeness (QED) is 0.668. The van der Waals surface area contributed by atoms with Crippen molar-refractivity contribution in [2.45, 2.75) is 13.8 Å². The molecule has 0 aliphatic rings. The van der Waals surface area contributed by atoms with Gasteiger partial charge in [-0.1, -0.05) is 0 Å². The van der Waals surface area contributed by atoms with Crippen LogP contribution in [0.2, 0.25) is 0 Å². The average molecular weight is 397 g/mol. The van der Waals surface area contributed by atoms with Gasteiger partial charge in [0.05, 0.1) is 0 Å². The van der Waals surface area contributed by atoms with Crippen LogP contribution in [0.3, 0.4) is 0 Å². The molecule has 0 aliphatic heterocycles. The van der Waals surface area contributed by atoms with E-state index in [1.165, 1.54) is 4.88 Å². The number of halogens is 1. The molecule has 0 atom stereocenters. The first kappa shape index (κ1) is 13.6. The Balaban J connectivity index is 1.86. The predicted octanol–water partition coefficient (Wildman–Crippen LogP) is 3.87. The molecule has 0 unspecified atom stereocenters. The summed E-state index contributed by atoms with van der Waals surface area (Å²) in [5.41, 5.74) is 2.30. The van der Waals surface area contributed by atoms with Crippen LogP contribution in [-0.2, 0) is 0 Å². The summed E-state index contributed by atoms with van der Waals surface area (Å²) < 4.78 is 3.03. The molecule has 0 aliphatic carbocycles. The molecule has 4 nitrogen and oxygen atoms in total. The molecule has 1 N–H and O–H groups in total. The van der Waals surface area contributed by atoms with Crippen molar-refractivity contribution in [2.75, 3.05) is 5.32 Å². The van der Waals surface area contributed by atoms with Crippen LogP contribution in [0.25, 0.3) is 4.96 Å². The Kier molecular flexibility index (Phi) is 3.51. The maximum Gasteiger partial charge on any atom is 0.275 e. The number of aromatic nitrogens is 2. The zero-order chi connectivity index (χ0) is 14.3. The fraction of sp³-hybridized carbons (Fsp3) is 0.143. The van der Waals surface area contributed by atoms with Gasteiger partial charge in [-0.25, -0.2) is 4.98 Å². The van der Waals surface area contributed by atoms with E-state index in [1.54, 1.807) is 17.5 Å². The van der Waals surface area contributed by atoms with Crippen molar-refractivity contribution in [1.82, 2.24) is 9.38 Å². The number of carbonyl (C=O) groups is 1. The summed E-state index contributed by atoms with van der Waals surface area (Å²) in [6, 6.07) is 5.92. The van der Waals surface area contributed by atoms with Gasteiger partial charge in [0.1, 0.15) is 5.69 Å². The van der Waals surface area contributed by atoms with Gasteiger partial charge in [0.15, 0.2) is 4.96 Å². The first-order chi connectivity index (χ1) is 9.52. The zero-order valence-corrected chi connectivity index (χ0v) is 13.9. The molecule has 0 spiro atoms. The minimum Gasteiger partial charge on any atom is -0.320 e. The van der Waals surface area contributed by atoms with E-state index in [9.17, 15) is 4.79 Å². The van der Waals surface area contributed by atoms with Crippen molar-refractivity contribution >= 4 is 50.5 Å². The largest absolute Gasteiger partial charge is 0.320 e. The topological polar surface area (TPSA) is 46.4 Å². The first-order valence-corrected chi connectivity index (χ1v) is 7.95. The number of nitrogens with one attached hydrogen (secondary N) is 1. The summed E-state index contributed by atoms with van der Waals surface area (Å²) in [7, 11) is 0. The van der Waals surface area contributed by atoms with Crippen LogP contribution in [0.4, 0.5) is 5.69 Å². The smallest absolute Gasteiger partial charge is 0.275 e. The Hall–Kier alpha value is -1.41. The number of rotatable bonds is 2. The summed E-state index contributed by atoms with van der Waals surface area (Å²) in [6.45, 7) is 4.00. The molecule has 3 aromatic rings. The average Bonchev–Trinajstić information content (AvgIpc) is 2.89. The second kappa shape index (κ2) is 5.17. The van der Waals surface area contributed by atoms with E-state index in [1.807, 2.05) is 42.6 Å². The number of benzene rings is 1. The van der Waals surface area contributed by atoms with Gasteiger partial charge in [0.2, 0.25) is 0 Å². The lowest BCUT2D eigenvalue weighted by Crippen LogP contribution is -2.13. The SMILES string of the molecule is Cc1cn2cc(C(=O)Nc3ccc(I)cc3C)nc2s1. The minimum atomic E-state index is -0.178. The minimum absolute atomic E-state index is 0.178. The number of anilines is 1. The number of hydrogen-bond acceptors (Lipinski definition) is 3. The Morgan fingerprint density at radius 3 is 2.85 bits per heavy atom. The fourth-order valence-corrected chi connectivity index (χ4v) is 3.43. The lowest BCUT2D eigenvalue weighted by atomic mass is 10.2. The monoisotopic (exact) mass is 397 g/mol. The lowest BCUT2D eigenvalue weighted by molar-refractivity contribution is 0.102. The van der Waals surface area contributed by atoms with Crippen LogP contribution in [0.1, 0.15) is 20.9 Å². The molecule has 2 aromatic heterocycles. The number of thiazole rings is 1. The third-order valence-electron chi connectivity index (χ3n) is 2.94. The van der Waals surface area contributed by atoms with E-state index < -0.39 is 0 Å². The molecular weight excluding hydrogens is 385 g/mol. The fourth-order valence-electron chi connectivity index (χ4n) is 1.97. The van der Waals surface area contributed by atoms with Crippen LogP contribution in [-0.4, -0.2) is 15.3 Å². The van der Waals surface area contributed by atoms with Crippen LogP contribution >= 0.6 is 33.9 Å². The third kappa shape index (κ3) is 2.57. The van der Waals surface area contributed by atoms with Gasteiger partial charge in [0.25, 0.3) is 5.91 Å². The zero-order valence-electron chi connectivity index (χ0n) is 11.0. The highest BCUT2D eigenvalue weighted by atomic mass is 127. The molecule has 0 saturated carbocycles. The van der Waals surface area contributed by atoms with Crippen LogP contribution in [0, 0.1) is 17.4 Å². The van der Waals surface area contributed by atoms with Crippen molar-refractivity contribution < 1.29 is 4.79 Å². The summed E-state index contributed by atoms with van der Waals surface area (Å²) in [6.07, 6.45) is 3.73. The number of nitrogens with zero attached hydrogens (tertiary/aromatic N) is 2. The van der Waals surface area contributed by atoms with E-state index in [-0.39, 0.29) is 5.91 Å². The van der Waals surface area contributed by atoms with Crippen LogP contribution in [0.15, 0.2) is 30.6 Å². The number of imidazole rings is 1. The second-order valence-corrected chi connectivity index (χ2v) is 7.03. The van der Waals surface area contributed by atoms with E-state index >= 15 is 0 Å². The molecule has 2 heterocycles. The van der Waals surface area contributed by atoms with Gasteiger partial charge in [0, 0.05) is 26.5 Å². The normalized spacial score (nSPS) is 10.9. The van der Waals surface area contributed by atoms with E-state index in [2.05, 4.69) is 32.9 Å². The molecule has 102 valence electrons. The molecule has 1 amide bonds. The van der Waals surface area contributed by atoms with Gasteiger partial charge >= 0.3 is 0 Å². The molecule has 20 heavy (non-hydrogen) atoms. The molecule has 3 rings (SSSR count). The Morgan fingerprint density at radius 2 is 2.15 bits per heavy atom. The molecule has 6 heteroatoms. The van der Waals surface area contributed by atoms with E-state index in [4.69, 9.17) is 0 Å². The number of amides is 1. The Morgan fingerprint density at radius 1 is 1.35 bits per heavy atom. The highest BCUT2D eigenvalue weighted by Crippen LogP contribution is 2.20. The van der Waals surface area contributed by atoms with Crippen molar-refractivity contribution in [3.63, 3.8) is 0 Å². The summed E-state index contributed by atoms with van der Waals surface area (Å²) >= 11 is 3.82. The van der Waals surface area contributed by atoms with Gasteiger partial charge < -0.3 is 5.32 Å². The summed E-state index contributed by atoms with van der Waals surface area (Å²) in [5, 5.41) is 2.91. The van der Waals surface area contributed by atoms with Crippen molar-refractivity contribution in [2.24, 2.45) is 0 Å². The highest BCUT2D eigenvalue weighted by molar-refractivity contribution is 14.1. The third-order valence-corrected chi connectivity index (χ3v) is 4.52. The predicted molar refractivity (Wildman–Crippen MR) is 89.7 cm³/mol. The Bertz CT molecular complexity index is 774. The van der Waals surface area contributed by atoms with Crippen LogP contribution in [0.5, 0.6) is 0 Å². The van der Waals surface area contributed by atoms with Crippen molar-refractivity contribution in [1.29, 1.82) is 0 Å². The maximum absolute atomic E-state index is 12.2. The molecular formula is C14H12IN3OS. The van der Waals surface area contributed by atoms with Gasteiger partial charge in [-0.3, -0.25) is 9.20 Å². The molecule has 0 bridgehead atoms. The van der Waals surface area contributed by atoms with Gasteiger partial charge in [-0.05, 0) is 60.2 Å². The lowest BCUT2D eigenvalue weighted by Gasteiger charge is -2.07. The van der Waals surface area contributed by atoms with Gasteiger partial charge in [-0.2, -0.15) is 0 Å². The summed E-state index contributed by atoms with van der Waals surface area (Å²) in [5.74, 6) is -0.178. The second-order valence-electron chi connectivity index (χ2n) is 4.57. The van der Waals surface area contributed by atoms with Crippen molar-refractivity contribution in [3.8, 4) is 0 Å². The number of hydrogen-bond donors (Lipinski definition) is 1. The van der Waals surface area contributed by atoms with Crippen molar-refractivity contribution in [3.05, 3.63) is 50.3 Å². The molecule has 0 radical (unpaired) electrons. The standard InChI is InChI=1S/C14H12IN3OS/c1-8-5-10(15)3-4-11(8)16-13(19)12-7-18-6-9(2)20-14(18)17-12/h3-7H,1-2H3,(H,16,19). The van der Waals surface area contributed by atoms with Gasteiger partial charge in [-0.15, -0.1) is 11.3 Å².